The van der Waals surface area contributed by atoms with Crippen molar-refractivity contribution >= 4 is 0 Å². The zero-order chi connectivity index (χ0) is 11.9. The summed E-state index contributed by atoms with van der Waals surface area (Å²) in [5.74, 6) is 0. The molecule has 1 rings (SSSR count). The van der Waals surface area contributed by atoms with Gasteiger partial charge >= 0.3 is 0 Å². The molecule has 1 aromatic heterocycles. The van der Waals surface area contributed by atoms with Crippen LogP contribution in [0.5, 0.6) is 0 Å². The first kappa shape index (κ1) is 12.0. The molecule has 0 aliphatic heterocycles. The summed E-state index contributed by atoms with van der Waals surface area (Å²) in [5, 5.41) is 0. The van der Waals surface area contributed by atoms with Crippen LogP contribution in [-0.2, 0) is 10.8 Å². The predicted octanol–water partition coefficient (Wildman–Crippen LogP) is 3.23. The average molecular weight is 208 g/mol. The van der Waals surface area contributed by atoms with Crippen LogP contribution < -0.4 is 5.43 Å². The smallest absolute Gasteiger partial charge is 0.192 e. The summed E-state index contributed by atoms with van der Waals surface area (Å²) in [6.45, 7) is 12.1. The van der Waals surface area contributed by atoms with E-state index in [1.54, 1.807) is 12.5 Å². The second-order valence-corrected chi connectivity index (χ2v) is 6.03. The molecule has 0 radical (unpaired) electrons. The van der Waals surface area contributed by atoms with Gasteiger partial charge in [-0.1, -0.05) is 41.5 Å². The van der Waals surface area contributed by atoms with Crippen molar-refractivity contribution in [1.82, 2.24) is 0 Å². The van der Waals surface area contributed by atoms with Crippen LogP contribution in [0.2, 0.25) is 0 Å². The van der Waals surface area contributed by atoms with Gasteiger partial charge in [0, 0.05) is 11.1 Å². The average Bonchev–Trinajstić information content (AvgIpc) is 1.99. The van der Waals surface area contributed by atoms with E-state index in [2.05, 4.69) is 0 Å². The van der Waals surface area contributed by atoms with E-state index in [1.165, 1.54) is 0 Å². The van der Waals surface area contributed by atoms with Crippen molar-refractivity contribution in [2.24, 2.45) is 0 Å². The first-order chi connectivity index (χ1) is 6.64. The Hall–Kier alpha value is -1.05. The van der Waals surface area contributed by atoms with Gasteiger partial charge in [-0.05, 0) is 10.8 Å². The van der Waals surface area contributed by atoms with Gasteiger partial charge in [0.05, 0.1) is 12.5 Å². The van der Waals surface area contributed by atoms with Crippen LogP contribution in [0.3, 0.4) is 0 Å². The summed E-state index contributed by atoms with van der Waals surface area (Å²) in [6.07, 6.45) is 3.13. The highest BCUT2D eigenvalue weighted by atomic mass is 16.3. The van der Waals surface area contributed by atoms with E-state index in [0.717, 1.165) is 11.1 Å². The normalized spacial score (nSPS) is 12.9. The minimum Gasteiger partial charge on any atom is -0.472 e. The minimum absolute atomic E-state index is 0.112. The standard InChI is InChI=1S/C13H20O2/c1-12(2,3)9-7-15-8-10(11(9)14)13(4,5)6/h7-8H,1-6H3. The van der Waals surface area contributed by atoms with E-state index in [0.29, 0.717) is 0 Å². The molecule has 0 spiro atoms. The fourth-order valence-corrected chi connectivity index (χ4v) is 1.46. The van der Waals surface area contributed by atoms with Gasteiger partial charge in [-0.15, -0.1) is 0 Å². The van der Waals surface area contributed by atoms with Gasteiger partial charge < -0.3 is 4.42 Å². The summed E-state index contributed by atoms with van der Waals surface area (Å²) in [4.78, 5) is 12.2. The highest BCUT2D eigenvalue weighted by Gasteiger charge is 2.25. The number of hydrogen-bond donors (Lipinski definition) is 0. The molecule has 0 fully saturated rings. The maximum Gasteiger partial charge on any atom is 0.192 e. The molecule has 0 amide bonds. The van der Waals surface area contributed by atoms with Crippen LogP contribution in [0.1, 0.15) is 52.7 Å². The van der Waals surface area contributed by atoms with E-state index in [4.69, 9.17) is 4.42 Å². The molecule has 2 nitrogen and oxygen atoms in total. The van der Waals surface area contributed by atoms with Crippen molar-refractivity contribution in [1.29, 1.82) is 0 Å². The molecule has 84 valence electrons. The molecule has 0 aliphatic carbocycles. The van der Waals surface area contributed by atoms with E-state index < -0.39 is 0 Å². The third-order valence-corrected chi connectivity index (χ3v) is 2.48. The van der Waals surface area contributed by atoms with Gasteiger partial charge in [0.15, 0.2) is 5.43 Å². The van der Waals surface area contributed by atoms with Crippen molar-refractivity contribution in [2.45, 2.75) is 52.4 Å². The Morgan fingerprint density at radius 1 is 0.867 bits per heavy atom. The third kappa shape index (κ3) is 2.49. The second kappa shape index (κ2) is 3.51. The number of hydrogen-bond acceptors (Lipinski definition) is 2. The van der Waals surface area contributed by atoms with Crippen molar-refractivity contribution in [3.8, 4) is 0 Å². The van der Waals surface area contributed by atoms with Crippen LogP contribution >= 0.6 is 0 Å². The molecule has 0 saturated heterocycles. The first-order valence-electron chi connectivity index (χ1n) is 5.25. The van der Waals surface area contributed by atoms with Gasteiger partial charge in [0.1, 0.15) is 0 Å². The second-order valence-electron chi connectivity index (χ2n) is 6.03. The summed E-state index contributed by atoms with van der Waals surface area (Å²) >= 11 is 0. The van der Waals surface area contributed by atoms with Crippen LogP contribution in [0.4, 0.5) is 0 Å². The summed E-state index contributed by atoms with van der Waals surface area (Å²) in [7, 11) is 0. The topological polar surface area (TPSA) is 30.2 Å². The molecule has 0 bridgehead atoms. The van der Waals surface area contributed by atoms with E-state index >= 15 is 0 Å². The van der Waals surface area contributed by atoms with E-state index in [1.807, 2.05) is 41.5 Å². The molecule has 1 aromatic rings. The molecule has 2 heteroatoms. The molecular formula is C13H20O2. The molecule has 0 aliphatic rings. The Balaban J connectivity index is 3.44. The van der Waals surface area contributed by atoms with Crippen molar-refractivity contribution in [2.75, 3.05) is 0 Å². The Kier molecular flexibility index (Phi) is 2.81. The SMILES string of the molecule is CC(C)(C)c1cocc(C(C)(C)C)c1=O. The lowest BCUT2D eigenvalue weighted by Crippen LogP contribution is -2.29. The molecule has 1 heterocycles. The summed E-state index contributed by atoms with van der Waals surface area (Å²) in [6, 6.07) is 0. The molecule has 15 heavy (non-hydrogen) atoms. The van der Waals surface area contributed by atoms with Gasteiger partial charge in [0.2, 0.25) is 0 Å². The lowest BCUT2D eigenvalue weighted by atomic mass is 9.82. The van der Waals surface area contributed by atoms with Crippen LogP contribution in [0, 0.1) is 0 Å². The van der Waals surface area contributed by atoms with Gasteiger partial charge in [-0.25, -0.2) is 0 Å². The lowest BCUT2D eigenvalue weighted by molar-refractivity contribution is 0.468. The Bertz CT molecular complexity index is 365. The molecule has 0 aromatic carbocycles. The van der Waals surface area contributed by atoms with E-state index in [9.17, 15) is 4.79 Å². The van der Waals surface area contributed by atoms with Gasteiger partial charge in [0.25, 0.3) is 0 Å². The monoisotopic (exact) mass is 208 g/mol. The van der Waals surface area contributed by atoms with Crippen molar-refractivity contribution in [3.05, 3.63) is 33.9 Å². The molecule has 0 unspecified atom stereocenters. The maximum atomic E-state index is 12.2. The largest absolute Gasteiger partial charge is 0.472 e. The summed E-state index contributed by atoms with van der Waals surface area (Å²) < 4.78 is 5.27. The van der Waals surface area contributed by atoms with Crippen LogP contribution in [0.25, 0.3) is 0 Å². The first-order valence-corrected chi connectivity index (χ1v) is 5.25. The van der Waals surface area contributed by atoms with E-state index in [-0.39, 0.29) is 16.3 Å². The number of rotatable bonds is 0. The predicted molar refractivity (Wildman–Crippen MR) is 62.4 cm³/mol. The summed E-state index contributed by atoms with van der Waals surface area (Å²) in [5.41, 5.74) is 1.27. The highest BCUT2D eigenvalue weighted by Crippen LogP contribution is 2.23. The van der Waals surface area contributed by atoms with Crippen molar-refractivity contribution < 1.29 is 4.42 Å². The minimum atomic E-state index is -0.165. The molecule has 0 N–H and O–H groups in total. The Labute approximate surface area is 91.3 Å². The zero-order valence-corrected chi connectivity index (χ0v) is 10.5. The Morgan fingerprint density at radius 3 is 1.47 bits per heavy atom. The maximum absolute atomic E-state index is 12.2. The highest BCUT2D eigenvalue weighted by molar-refractivity contribution is 5.27. The molecule has 0 atom stereocenters. The van der Waals surface area contributed by atoms with Gasteiger partial charge in [-0.3, -0.25) is 4.79 Å². The fourth-order valence-electron chi connectivity index (χ4n) is 1.46. The molecule has 0 saturated carbocycles. The lowest BCUT2D eigenvalue weighted by Gasteiger charge is -2.22. The molecular weight excluding hydrogens is 188 g/mol. The zero-order valence-electron chi connectivity index (χ0n) is 10.5. The quantitative estimate of drug-likeness (QED) is 0.655. The van der Waals surface area contributed by atoms with Gasteiger partial charge in [-0.2, -0.15) is 0 Å². The van der Waals surface area contributed by atoms with Crippen LogP contribution in [-0.4, -0.2) is 0 Å². The fraction of sp³-hybridized carbons (Fsp3) is 0.615. The Morgan fingerprint density at radius 2 is 1.20 bits per heavy atom. The third-order valence-electron chi connectivity index (χ3n) is 2.48. The van der Waals surface area contributed by atoms with Crippen molar-refractivity contribution in [3.63, 3.8) is 0 Å². The van der Waals surface area contributed by atoms with Crippen LogP contribution in [0.15, 0.2) is 21.7 Å².